The quantitative estimate of drug-likeness (QED) is 0.614. The van der Waals surface area contributed by atoms with Crippen LogP contribution in [0.4, 0.5) is 0 Å². The molecule has 2 aliphatic heterocycles. The number of rotatable bonds is 2. The van der Waals surface area contributed by atoms with Crippen molar-refractivity contribution in [3.05, 3.63) is 11.9 Å². The highest BCUT2D eigenvalue weighted by Gasteiger charge is 2.49. The van der Waals surface area contributed by atoms with E-state index in [9.17, 15) is 4.79 Å². The number of aromatic nitrogens is 3. The Morgan fingerprint density at radius 2 is 2.28 bits per heavy atom. The first kappa shape index (κ1) is 11.6. The van der Waals surface area contributed by atoms with Crippen molar-refractivity contribution in [1.29, 1.82) is 0 Å². The maximum absolute atomic E-state index is 11.3. The monoisotopic (exact) mass is 255 g/mol. The molecule has 0 saturated carbocycles. The van der Waals surface area contributed by atoms with Crippen LogP contribution in [0.25, 0.3) is 0 Å². The molecule has 0 amide bonds. The number of nitrogens with zero attached hydrogens (tertiary/aromatic N) is 3. The summed E-state index contributed by atoms with van der Waals surface area (Å²) < 4.78 is 17.5. The first-order valence-corrected chi connectivity index (χ1v) is 5.77. The van der Waals surface area contributed by atoms with Crippen molar-refractivity contribution in [3.63, 3.8) is 0 Å². The van der Waals surface area contributed by atoms with Gasteiger partial charge in [-0.05, 0) is 0 Å². The lowest BCUT2D eigenvalue weighted by Crippen LogP contribution is -2.66. The van der Waals surface area contributed by atoms with Gasteiger partial charge in [0.05, 0.1) is 19.9 Å². The average molecular weight is 255 g/mol. The minimum atomic E-state index is -0.501. The molecular formula is C10H15N4O4+. The van der Waals surface area contributed by atoms with Crippen molar-refractivity contribution >= 4 is 5.97 Å². The molecule has 0 aliphatic carbocycles. The molecule has 8 heteroatoms. The normalized spacial score (nSPS) is 34.6. The van der Waals surface area contributed by atoms with Crippen molar-refractivity contribution in [2.24, 2.45) is 0 Å². The summed E-state index contributed by atoms with van der Waals surface area (Å²) in [4.78, 5) is 11.3. The maximum atomic E-state index is 11.3. The van der Waals surface area contributed by atoms with Crippen LogP contribution in [0.1, 0.15) is 16.5 Å². The number of hydrogen-bond acceptors (Lipinski definition) is 6. The third kappa shape index (κ3) is 1.69. The van der Waals surface area contributed by atoms with E-state index in [1.54, 1.807) is 10.9 Å². The third-order valence-corrected chi connectivity index (χ3v) is 3.37. The third-order valence-electron chi connectivity index (χ3n) is 3.37. The molecule has 3 rings (SSSR count). The first-order valence-electron chi connectivity index (χ1n) is 5.77. The largest absolute Gasteiger partial charge is 0.464 e. The highest BCUT2D eigenvalue weighted by atomic mass is 16.6. The van der Waals surface area contributed by atoms with Crippen LogP contribution in [-0.2, 0) is 14.2 Å². The molecule has 0 bridgehead atoms. The second-order valence-electron chi connectivity index (χ2n) is 4.50. The van der Waals surface area contributed by atoms with E-state index < -0.39 is 5.97 Å². The number of esters is 1. The van der Waals surface area contributed by atoms with Crippen LogP contribution in [0.3, 0.4) is 0 Å². The van der Waals surface area contributed by atoms with E-state index in [0.29, 0.717) is 13.2 Å². The van der Waals surface area contributed by atoms with Crippen molar-refractivity contribution in [3.8, 4) is 0 Å². The zero-order valence-electron chi connectivity index (χ0n) is 9.98. The molecule has 4 atom stereocenters. The van der Waals surface area contributed by atoms with Gasteiger partial charge < -0.3 is 19.9 Å². The molecule has 0 spiro atoms. The van der Waals surface area contributed by atoms with Gasteiger partial charge in [0.2, 0.25) is 0 Å². The number of ether oxygens (including phenoxy) is 3. The fraction of sp³-hybridized carbons (Fsp3) is 0.700. The van der Waals surface area contributed by atoms with Crippen molar-refractivity contribution < 1.29 is 24.7 Å². The van der Waals surface area contributed by atoms with Gasteiger partial charge in [-0.2, -0.15) is 0 Å². The van der Waals surface area contributed by atoms with Gasteiger partial charge in [0, 0.05) is 0 Å². The Balaban J connectivity index is 1.79. The maximum Gasteiger partial charge on any atom is 0.360 e. The molecule has 18 heavy (non-hydrogen) atoms. The number of methoxy groups -OCH3 is 1. The number of hydrogen-bond donors (Lipinski definition) is 1. The molecule has 2 aliphatic rings. The van der Waals surface area contributed by atoms with Crippen LogP contribution in [-0.4, -0.2) is 59.5 Å². The van der Waals surface area contributed by atoms with Crippen molar-refractivity contribution in [2.45, 2.75) is 24.3 Å². The van der Waals surface area contributed by atoms with E-state index in [1.807, 2.05) is 0 Å². The summed E-state index contributed by atoms with van der Waals surface area (Å²) in [6, 6.07) is 0.0799. The summed E-state index contributed by atoms with van der Waals surface area (Å²) in [6.45, 7) is 1.08. The fourth-order valence-corrected chi connectivity index (χ4v) is 2.42. The van der Waals surface area contributed by atoms with Gasteiger partial charge in [-0.1, -0.05) is 5.21 Å². The molecule has 0 unspecified atom stereocenters. The summed E-state index contributed by atoms with van der Waals surface area (Å²) in [5.41, 5.74) is 4.17. The SMILES string of the molecule is COC(=O)c1cn([C@H]2CO[C@H]3[C@@H]2OC[C@@H]3[NH3+])nn1. The van der Waals surface area contributed by atoms with Crippen LogP contribution >= 0.6 is 0 Å². The highest BCUT2D eigenvalue weighted by molar-refractivity contribution is 5.86. The van der Waals surface area contributed by atoms with Crippen LogP contribution in [0, 0.1) is 0 Å². The van der Waals surface area contributed by atoms with Crippen LogP contribution in [0.15, 0.2) is 6.20 Å². The van der Waals surface area contributed by atoms with Crippen molar-refractivity contribution in [2.75, 3.05) is 20.3 Å². The van der Waals surface area contributed by atoms with E-state index in [1.165, 1.54) is 7.11 Å². The summed E-state index contributed by atoms with van der Waals surface area (Å²) in [6.07, 6.45) is 1.49. The van der Waals surface area contributed by atoms with Gasteiger partial charge in [0.25, 0.3) is 0 Å². The topological polar surface area (TPSA) is 103 Å². The van der Waals surface area contributed by atoms with Gasteiger partial charge in [-0.3, -0.25) is 0 Å². The van der Waals surface area contributed by atoms with Crippen LogP contribution in [0.5, 0.6) is 0 Å². The van der Waals surface area contributed by atoms with Crippen molar-refractivity contribution in [1.82, 2.24) is 15.0 Å². The summed E-state index contributed by atoms with van der Waals surface area (Å²) in [5, 5.41) is 7.71. The Kier molecular flexibility index (Phi) is 2.77. The summed E-state index contributed by atoms with van der Waals surface area (Å²) in [7, 11) is 1.31. The Labute approximate surface area is 103 Å². The lowest BCUT2D eigenvalue weighted by Gasteiger charge is -2.14. The van der Waals surface area contributed by atoms with E-state index >= 15 is 0 Å². The number of fused-ring (bicyclic) bond motifs is 1. The predicted octanol–water partition coefficient (Wildman–Crippen LogP) is -1.99. The molecule has 1 aromatic heterocycles. The number of carbonyl (C=O) groups excluding carboxylic acids is 1. The molecule has 0 aromatic carbocycles. The second-order valence-corrected chi connectivity index (χ2v) is 4.50. The summed E-state index contributed by atoms with van der Waals surface area (Å²) >= 11 is 0. The molecule has 2 saturated heterocycles. The van der Waals surface area contributed by atoms with Gasteiger partial charge in [0.15, 0.2) is 5.69 Å². The van der Waals surface area contributed by atoms with E-state index in [4.69, 9.17) is 9.47 Å². The minimum Gasteiger partial charge on any atom is -0.464 e. The minimum absolute atomic E-state index is 0.000719. The first-order chi connectivity index (χ1) is 8.70. The standard InChI is InChI=1S/C10H14N4O4/c1-16-10(15)6-2-14(13-12-6)7-4-18-8-5(11)3-17-9(7)8/h2,5,7-9H,3-4,11H2,1H3/p+1/t5-,7-,8+,9+/m0/s1. The smallest absolute Gasteiger partial charge is 0.360 e. The lowest BCUT2D eigenvalue weighted by molar-refractivity contribution is -0.430. The number of quaternary nitrogens is 1. The van der Waals surface area contributed by atoms with Crippen LogP contribution < -0.4 is 5.73 Å². The molecule has 2 fully saturated rings. The second kappa shape index (κ2) is 4.30. The van der Waals surface area contributed by atoms with Gasteiger partial charge in [0.1, 0.15) is 30.9 Å². The molecule has 3 N–H and O–H groups in total. The Morgan fingerprint density at radius 3 is 3.06 bits per heavy atom. The molecule has 3 heterocycles. The van der Waals surface area contributed by atoms with E-state index in [0.717, 1.165) is 0 Å². The number of carbonyl (C=O) groups is 1. The lowest BCUT2D eigenvalue weighted by atomic mass is 10.1. The summed E-state index contributed by atoms with van der Waals surface area (Å²) in [5.74, 6) is -0.501. The average Bonchev–Trinajstić information content (AvgIpc) is 3.05. The van der Waals surface area contributed by atoms with Gasteiger partial charge in [-0.15, -0.1) is 5.10 Å². The van der Waals surface area contributed by atoms with E-state index in [2.05, 4.69) is 20.8 Å². The molecule has 0 radical (unpaired) electrons. The Hall–Kier alpha value is -1.51. The van der Waals surface area contributed by atoms with Crippen LogP contribution in [0.2, 0.25) is 0 Å². The molecule has 8 nitrogen and oxygen atoms in total. The molecule has 1 aromatic rings. The Morgan fingerprint density at radius 1 is 1.50 bits per heavy atom. The molecular weight excluding hydrogens is 240 g/mol. The fourth-order valence-electron chi connectivity index (χ4n) is 2.42. The predicted molar refractivity (Wildman–Crippen MR) is 56.6 cm³/mol. The van der Waals surface area contributed by atoms with E-state index in [-0.39, 0.29) is 30.0 Å². The highest BCUT2D eigenvalue weighted by Crippen LogP contribution is 2.32. The zero-order valence-corrected chi connectivity index (χ0v) is 9.98. The zero-order chi connectivity index (χ0) is 12.7. The molecule has 98 valence electrons. The van der Waals surface area contributed by atoms with Gasteiger partial charge >= 0.3 is 5.97 Å². The van der Waals surface area contributed by atoms with Gasteiger partial charge in [-0.25, -0.2) is 9.48 Å². The Bertz CT molecular complexity index is 462.